The molecule has 1 aromatic heterocycles. The van der Waals surface area contributed by atoms with Crippen LogP contribution in [0.4, 0.5) is 5.95 Å². The highest BCUT2D eigenvalue weighted by Crippen LogP contribution is 2.22. The van der Waals surface area contributed by atoms with Gasteiger partial charge in [-0.3, -0.25) is 0 Å². The van der Waals surface area contributed by atoms with E-state index in [1.165, 1.54) is 0 Å². The molecule has 2 heterocycles. The molecule has 2 rings (SSSR count). The molecule has 0 amide bonds. The van der Waals surface area contributed by atoms with Crippen molar-refractivity contribution in [2.75, 3.05) is 31.1 Å². The number of nitrogens with zero attached hydrogens (tertiary/aromatic N) is 3. The van der Waals surface area contributed by atoms with Gasteiger partial charge in [0.05, 0.1) is 10.7 Å². The van der Waals surface area contributed by atoms with Crippen LogP contribution in [0.15, 0.2) is 10.7 Å². The van der Waals surface area contributed by atoms with Crippen molar-refractivity contribution in [3.8, 4) is 5.88 Å². The van der Waals surface area contributed by atoms with Gasteiger partial charge in [-0.15, -0.1) is 0 Å². The number of aromatic nitrogens is 2. The van der Waals surface area contributed by atoms with E-state index in [4.69, 9.17) is 0 Å². The van der Waals surface area contributed by atoms with E-state index in [0.717, 1.165) is 26.2 Å². The Morgan fingerprint density at radius 2 is 2.14 bits per heavy atom. The fraction of sp³-hybridized carbons (Fsp3) is 0.500. The molecule has 0 unspecified atom stereocenters. The van der Waals surface area contributed by atoms with Crippen LogP contribution in [0.5, 0.6) is 5.88 Å². The molecule has 0 spiro atoms. The van der Waals surface area contributed by atoms with Gasteiger partial charge in [-0.1, -0.05) is 0 Å². The first-order valence-electron chi connectivity index (χ1n) is 4.44. The zero-order valence-electron chi connectivity index (χ0n) is 7.57. The number of anilines is 1. The van der Waals surface area contributed by atoms with Gasteiger partial charge in [0, 0.05) is 26.2 Å². The van der Waals surface area contributed by atoms with Crippen molar-refractivity contribution in [3.63, 3.8) is 0 Å². The Balaban J connectivity index is 2.18. The summed E-state index contributed by atoms with van der Waals surface area (Å²) < 4.78 is 0.524. The molecule has 1 aliphatic heterocycles. The fourth-order valence-corrected chi connectivity index (χ4v) is 1.56. The number of halogens is 1. The second-order valence-electron chi connectivity index (χ2n) is 3.08. The van der Waals surface area contributed by atoms with Gasteiger partial charge < -0.3 is 15.3 Å². The third-order valence-corrected chi connectivity index (χ3v) is 2.67. The summed E-state index contributed by atoms with van der Waals surface area (Å²) in [5.74, 6) is 0.584. The van der Waals surface area contributed by atoms with Crippen LogP contribution in [0.1, 0.15) is 0 Å². The quantitative estimate of drug-likeness (QED) is 0.762. The number of hydrogen-bond donors (Lipinski definition) is 2. The lowest BCUT2D eigenvalue weighted by molar-refractivity contribution is 0.446. The second kappa shape index (κ2) is 4.10. The van der Waals surface area contributed by atoms with Gasteiger partial charge in [0.25, 0.3) is 0 Å². The van der Waals surface area contributed by atoms with E-state index in [9.17, 15) is 5.11 Å². The fourth-order valence-electron chi connectivity index (χ4n) is 1.37. The Morgan fingerprint density at radius 1 is 1.43 bits per heavy atom. The average molecular weight is 259 g/mol. The maximum atomic E-state index is 9.39. The van der Waals surface area contributed by atoms with Crippen molar-refractivity contribution in [2.24, 2.45) is 0 Å². The molecule has 2 N–H and O–H groups in total. The Bertz CT molecular complexity index is 327. The molecule has 0 aromatic carbocycles. The number of rotatable bonds is 1. The Morgan fingerprint density at radius 3 is 2.79 bits per heavy atom. The van der Waals surface area contributed by atoms with Crippen LogP contribution in [-0.4, -0.2) is 41.3 Å². The molecule has 0 aliphatic carbocycles. The highest BCUT2D eigenvalue weighted by molar-refractivity contribution is 9.10. The van der Waals surface area contributed by atoms with Crippen LogP contribution >= 0.6 is 15.9 Å². The van der Waals surface area contributed by atoms with E-state index in [0.29, 0.717) is 10.4 Å². The van der Waals surface area contributed by atoms with E-state index in [1.807, 2.05) is 4.90 Å². The highest BCUT2D eigenvalue weighted by Gasteiger charge is 2.14. The molecule has 0 radical (unpaired) electrons. The van der Waals surface area contributed by atoms with Crippen LogP contribution in [0.25, 0.3) is 0 Å². The zero-order chi connectivity index (χ0) is 9.97. The lowest BCUT2D eigenvalue weighted by atomic mass is 10.4. The van der Waals surface area contributed by atoms with Gasteiger partial charge in [0.2, 0.25) is 11.8 Å². The predicted molar refractivity (Wildman–Crippen MR) is 56.5 cm³/mol. The normalized spacial score (nSPS) is 17.1. The number of hydrogen-bond acceptors (Lipinski definition) is 5. The first-order chi connectivity index (χ1) is 6.77. The molecule has 6 heteroatoms. The number of aromatic hydroxyl groups is 1. The lowest BCUT2D eigenvalue weighted by Gasteiger charge is -2.27. The SMILES string of the molecule is Oc1nc(N2CCNCC2)ncc1Br. The third-order valence-electron chi connectivity index (χ3n) is 2.11. The molecule has 76 valence electrons. The molecule has 1 aliphatic rings. The van der Waals surface area contributed by atoms with Crippen molar-refractivity contribution in [1.82, 2.24) is 15.3 Å². The average Bonchev–Trinajstić information content (AvgIpc) is 2.23. The zero-order valence-corrected chi connectivity index (χ0v) is 9.16. The van der Waals surface area contributed by atoms with Crippen LogP contribution in [0.2, 0.25) is 0 Å². The Kier molecular flexibility index (Phi) is 2.83. The molecule has 1 aromatic rings. The Hall–Kier alpha value is -0.880. The minimum atomic E-state index is -0.00599. The smallest absolute Gasteiger partial charge is 0.230 e. The van der Waals surface area contributed by atoms with Crippen LogP contribution in [-0.2, 0) is 0 Å². The van der Waals surface area contributed by atoms with Gasteiger partial charge in [-0.25, -0.2) is 4.98 Å². The van der Waals surface area contributed by atoms with E-state index in [1.54, 1.807) is 6.20 Å². The van der Waals surface area contributed by atoms with E-state index in [-0.39, 0.29) is 5.88 Å². The van der Waals surface area contributed by atoms with Gasteiger partial charge in [-0.05, 0) is 15.9 Å². The van der Waals surface area contributed by atoms with Gasteiger partial charge in [0.1, 0.15) is 0 Å². The molecule has 1 fully saturated rings. The molecule has 0 saturated carbocycles. The van der Waals surface area contributed by atoms with Crippen molar-refractivity contribution >= 4 is 21.9 Å². The summed E-state index contributed by atoms with van der Waals surface area (Å²) in [5, 5.41) is 12.6. The summed E-state index contributed by atoms with van der Waals surface area (Å²) in [5.41, 5.74) is 0. The van der Waals surface area contributed by atoms with E-state index >= 15 is 0 Å². The van der Waals surface area contributed by atoms with Crippen molar-refractivity contribution in [1.29, 1.82) is 0 Å². The van der Waals surface area contributed by atoms with Crippen molar-refractivity contribution in [2.45, 2.75) is 0 Å². The Labute approximate surface area is 90.3 Å². The maximum absolute atomic E-state index is 9.39. The topological polar surface area (TPSA) is 61.3 Å². The molecular formula is C8H11BrN4O. The first kappa shape index (κ1) is 9.67. The summed E-state index contributed by atoms with van der Waals surface area (Å²) in [6, 6.07) is 0. The van der Waals surface area contributed by atoms with Gasteiger partial charge >= 0.3 is 0 Å². The molecule has 1 saturated heterocycles. The molecule has 0 bridgehead atoms. The van der Waals surface area contributed by atoms with E-state index in [2.05, 4.69) is 31.2 Å². The lowest BCUT2D eigenvalue weighted by Crippen LogP contribution is -2.44. The summed E-state index contributed by atoms with van der Waals surface area (Å²) in [6.45, 7) is 3.61. The standard InChI is InChI=1S/C8H11BrN4O/c9-6-5-11-8(12-7(6)14)13-3-1-10-2-4-13/h5,10H,1-4H2,(H,11,12,14). The van der Waals surface area contributed by atoms with Crippen molar-refractivity contribution < 1.29 is 5.11 Å². The first-order valence-corrected chi connectivity index (χ1v) is 5.24. The van der Waals surface area contributed by atoms with Crippen LogP contribution < -0.4 is 10.2 Å². The minimum absolute atomic E-state index is 0.00599. The largest absolute Gasteiger partial charge is 0.492 e. The van der Waals surface area contributed by atoms with Crippen molar-refractivity contribution in [3.05, 3.63) is 10.7 Å². The molecule has 14 heavy (non-hydrogen) atoms. The summed E-state index contributed by atoms with van der Waals surface area (Å²) in [6.07, 6.45) is 1.57. The maximum Gasteiger partial charge on any atom is 0.230 e. The molecular weight excluding hydrogens is 248 g/mol. The monoisotopic (exact) mass is 258 g/mol. The predicted octanol–water partition coefficient (Wildman–Crippen LogP) is 0.354. The van der Waals surface area contributed by atoms with Gasteiger partial charge in [-0.2, -0.15) is 4.98 Å². The summed E-state index contributed by atoms with van der Waals surface area (Å²) in [4.78, 5) is 10.2. The summed E-state index contributed by atoms with van der Waals surface area (Å²) in [7, 11) is 0. The number of piperazine rings is 1. The molecule has 5 nitrogen and oxygen atoms in total. The molecule has 0 atom stereocenters. The van der Waals surface area contributed by atoms with Crippen LogP contribution in [0.3, 0.4) is 0 Å². The van der Waals surface area contributed by atoms with Gasteiger partial charge in [0.15, 0.2) is 0 Å². The minimum Gasteiger partial charge on any atom is -0.492 e. The highest BCUT2D eigenvalue weighted by atomic mass is 79.9. The second-order valence-corrected chi connectivity index (χ2v) is 3.93. The van der Waals surface area contributed by atoms with Crippen LogP contribution in [0, 0.1) is 0 Å². The third kappa shape index (κ3) is 1.96. The number of nitrogens with one attached hydrogen (secondary N) is 1. The van der Waals surface area contributed by atoms with E-state index < -0.39 is 0 Å². The summed E-state index contributed by atoms with van der Waals surface area (Å²) >= 11 is 3.15.